The summed E-state index contributed by atoms with van der Waals surface area (Å²) in [5, 5.41) is 14.9. The number of rotatable bonds is 11. The molecule has 0 aliphatic carbocycles. The summed E-state index contributed by atoms with van der Waals surface area (Å²) in [6.45, 7) is 0. The highest BCUT2D eigenvalue weighted by molar-refractivity contribution is 6.15. The van der Waals surface area contributed by atoms with Crippen molar-refractivity contribution in [2.24, 2.45) is 0 Å². The number of pyridine rings is 4. The van der Waals surface area contributed by atoms with Gasteiger partial charge in [0.05, 0.1) is 73.4 Å². The number of halogens is 2. The predicted octanol–water partition coefficient (Wildman–Crippen LogP) is 20.6. The van der Waals surface area contributed by atoms with Crippen LogP contribution in [0.15, 0.2) is 298 Å². The van der Waals surface area contributed by atoms with Crippen LogP contribution in [0, 0.1) is 23.0 Å². The van der Waals surface area contributed by atoms with Gasteiger partial charge in [0.2, 0.25) is 0 Å². The van der Waals surface area contributed by atoms with Crippen molar-refractivity contribution < 1.29 is 8.78 Å². The third-order valence-electron chi connectivity index (χ3n) is 17.1. The van der Waals surface area contributed by atoms with Crippen molar-refractivity contribution in [1.29, 1.82) is 5.26 Å². The van der Waals surface area contributed by atoms with E-state index in [2.05, 4.69) is 161 Å². The number of nitriles is 1. The molecule has 0 radical (unpaired) electrons. The lowest BCUT2D eigenvalue weighted by atomic mass is 9.96. The van der Waals surface area contributed by atoms with E-state index in [0.717, 1.165) is 133 Å². The van der Waals surface area contributed by atoms with Crippen molar-refractivity contribution >= 4 is 43.6 Å². The Balaban J connectivity index is 1.00. The van der Waals surface area contributed by atoms with Crippen LogP contribution >= 0.6 is 0 Å². The highest BCUT2D eigenvalue weighted by atomic mass is 19.1. The highest BCUT2D eigenvalue weighted by Crippen LogP contribution is 2.48. The molecule has 0 N–H and O–H groups in total. The van der Waals surface area contributed by atoms with Crippen LogP contribution in [0.5, 0.6) is 0 Å². The van der Waals surface area contributed by atoms with Gasteiger partial charge in [-0.3, -0.25) is 19.9 Å². The van der Waals surface area contributed by atoms with E-state index in [1.165, 1.54) is 18.2 Å². The molecule has 0 spiro atoms. The van der Waals surface area contributed by atoms with Gasteiger partial charge < -0.3 is 9.13 Å². The van der Waals surface area contributed by atoms with Crippen LogP contribution in [0.1, 0.15) is 5.56 Å². The zero-order valence-electron chi connectivity index (χ0n) is 48.2. The zero-order chi connectivity index (χ0) is 60.2. The van der Waals surface area contributed by atoms with Crippen LogP contribution in [0.3, 0.4) is 0 Å². The molecule has 0 saturated carbocycles. The zero-order valence-corrected chi connectivity index (χ0v) is 48.2. The first-order chi connectivity index (χ1) is 44.5. The Hall–Kier alpha value is -12.3. The van der Waals surface area contributed by atoms with Crippen molar-refractivity contribution in [2.45, 2.75) is 0 Å². The second-order valence-corrected chi connectivity index (χ2v) is 22.3. The fourth-order valence-electron chi connectivity index (χ4n) is 13.1. The number of fused-ring (bicyclic) bond motifs is 6. The molecule has 0 bridgehead atoms. The van der Waals surface area contributed by atoms with Gasteiger partial charge in [0.25, 0.3) is 0 Å². The number of hydrogen-bond acceptors (Lipinski definition) is 5. The van der Waals surface area contributed by atoms with E-state index >= 15 is 8.78 Å². The molecule has 0 unspecified atom stereocenters. The number of nitrogens with zero attached hydrogens (tertiary/aromatic N) is 7. The quantitative estimate of drug-likeness (QED) is 0.129. The van der Waals surface area contributed by atoms with Gasteiger partial charge in [0.15, 0.2) is 0 Å². The van der Waals surface area contributed by atoms with Crippen LogP contribution < -0.4 is 0 Å². The van der Waals surface area contributed by atoms with Crippen molar-refractivity contribution in [1.82, 2.24) is 29.1 Å². The van der Waals surface area contributed by atoms with Gasteiger partial charge in [-0.15, -0.1) is 0 Å². The van der Waals surface area contributed by atoms with Crippen LogP contribution in [0.4, 0.5) is 8.78 Å². The summed E-state index contributed by atoms with van der Waals surface area (Å²) in [6.07, 6.45) is 7.24. The minimum Gasteiger partial charge on any atom is -0.308 e. The molecule has 0 atom stereocenters. The number of hydrogen-bond donors (Lipinski definition) is 0. The fourth-order valence-corrected chi connectivity index (χ4v) is 13.1. The topological polar surface area (TPSA) is 85.2 Å². The van der Waals surface area contributed by atoms with Crippen LogP contribution in [-0.2, 0) is 0 Å². The smallest absolute Gasteiger partial charge is 0.134 e. The molecular weight excluding hydrogens is 1110 g/mol. The Morgan fingerprint density at radius 3 is 0.844 bits per heavy atom. The summed E-state index contributed by atoms with van der Waals surface area (Å²) in [7, 11) is 0. The molecule has 6 aromatic heterocycles. The maximum atomic E-state index is 17.5. The molecule has 9 heteroatoms. The number of aromatic nitrogens is 6. The minimum atomic E-state index is -0.761. The Labute approximate surface area is 517 Å². The number of benzene rings is 10. The average molecular weight is 1160 g/mol. The van der Waals surface area contributed by atoms with E-state index in [1.54, 1.807) is 12.1 Å². The summed E-state index contributed by atoms with van der Waals surface area (Å²) in [5.74, 6) is -1.52. The first-order valence-corrected chi connectivity index (χ1v) is 29.7. The third kappa shape index (κ3) is 9.09. The molecule has 422 valence electrons. The van der Waals surface area contributed by atoms with Gasteiger partial charge >= 0.3 is 0 Å². The summed E-state index contributed by atoms with van der Waals surface area (Å²) < 4.78 is 39.2. The van der Waals surface area contributed by atoms with E-state index in [0.29, 0.717) is 11.4 Å². The van der Waals surface area contributed by atoms with Gasteiger partial charge in [-0.25, -0.2) is 8.78 Å². The normalized spacial score (nSPS) is 11.4. The molecule has 6 heterocycles. The van der Waals surface area contributed by atoms with E-state index in [1.807, 2.05) is 122 Å². The lowest BCUT2D eigenvalue weighted by Crippen LogP contribution is -2.07. The summed E-state index contributed by atoms with van der Waals surface area (Å²) in [5.41, 5.74) is 18.7. The largest absolute Gasteiger partial charge is 0.308 e. The van der Waals surface area contributed by atoms with E-state index in [9.17, 15) is 5.26 Å². The molecule has 90 heavy (non-hydrogen) atoms. The van der Waals surface area contributed by atoms with Crippen LogP contribution in [-0.4, -0.2) is 29.1 Å². The Morgan fingerprint density at radius 2 is 0.567 bits per heavy atom. The lowest BCUT2D eigenvalue weighted by molar-refractivity contribution is 0.589. The Kier molecular flexibility index (Phi) is 13.2. The van der Waals surface area contributed by atoms with Gasteiger partial charge in [0, 0.05) is 96.4 Å². The molecule has 16 aromatic rings. The SMILES string of the molecule is N#Cc1cc(-n2c3ccc(-c4cccnc4-c4ccccc4)cc3c3cc(-c4cccnc4-c4ccccc4)ccc32)c(-c2c(F)cccc2F)c(-n2c3ccc(-c4cccnc4-c4ccccc4)cc3c3cc(-c4cccnc4-c4ccccc4)ccc32)c1. The Bertz CT molecular complexity index is 4910. The summed E-state index contributed by atoms with van der Waals surface area (Å²) in [4.78, 5) is 19.7. The molecular formula is C81H49F2N7. The van der Waals surface area contributed by atoms with Gasteiger partial charge in [-0.2, -0.15) is 5.26 Å². The monoisotopic (exact) mass is 1160 g/mol. The second kappa shape index (κ2) is 22.2. The molecule has 0 amide bonds. The summed E-state index contributed by atoms with van der Waals surface area (Å²) in [6, 6.07) is 92.0. The maximum absolute atomic E-state index is 17.5. The van der Waals surface area contributed by atoms with E-state index in [-0.39, 0.29) is 16.7 Å². The highest BCUT2D eigenvalue weighted by Gasteiger charge is 2.28. The van der Waals surface area contributed by atoms with Gasteiger partial charge in [-0.1, -0.05) is 176 Å². The molecule has 7 nitrogen and oxygen atoms in total. The third-order valence-corrected chi connectivity index (χ3v) is 17.1. The Morgan fingerprint density at radius 1 is 0.278 bits per heavy atom. The first-order valence-electron chi connectivity index (χ1n) is 29.7. The second-order valence-electron chi connectivity index (χ2n) is 22.3. The minimum absolute atomic E-state index is 0.241. The standard InChI is InChI=1S/C81H49F2N7/c82-68-30-13-31-69(83)76(68)77-74(89-70-36-32-56(60-26-14-40-85-78(60)52-18-5-1-6-19-52)46-64(70)65-47-57(33-37-71(65)89)61-27-15-41-86-79(61)53-20-7-2-8-21-53)44-51(50-84)45-75(77)90-72-38-34-58(62-28-16-42-87-80(62)54-22-9-3-10-23-54)48-66(72)67-49-59(35-39-73(67)90)63-29-17-43-88-81(63)55-24-11-4-12-25-55/h1-49H. The predicted molar refractivity (Wildman–Crippen MR) is 360 cm³/mol. The summed E-state index contributed by atoms with van der Waals surface area (Å²) >= 11 is 0. The molecule has 0 aliphatic rings. The van der Waals surface area contributed by atoms with E-state index in [4.69, 9.17) is 19.9 Å². The van der Waals surface area contributed by atoms with Crippen molar-refractivity contribution in [3.8, 4) is 118 Å². The lowest BCUT2D eigenvalue weighted by Gasteiger charge is -2.21. The first kappa shape index (κ1) is 53.2. The molecule has 0 saturated heterocycles. The molecule has 10 aromatic carbocycles. The van der Waals surface area contributed by atoms with Crippen LogP contribution in [0.25, 0.3) is 156 Å². The van der Waals surface area contributed by atoms with Crippen molar-refractivity contribution in [2.75, 3.05) is 0 Å². The maximum Gasteiger partial charge on any atom is 0.134 e. The van der Waals surface area contributed by atoms with Gasteiger partial charge in [-0.05, 0) is 119 Å². The van der Waals surface area contributed by atoms with Crippen LogP contribution in [0.2, 0.25) is 0 Å². The fraction of sp³-hybridized carbons (Fsp3) is 0. The van der Waals surface area contributed by atoms with Crippen molar-refractivity contribution in [3.63, 3.8) is 0 Å². The molecule has 16 rings (SSSR count). The van der Waals surface area contributed by atoms with E-state index < -0.39 is 11.6 Å². The van der Waals surface area contributed by atoms with Crippen molar-refractivity contribution in [3.05, 3.63) is 315 Å². The molecule has 0 fully saturated rings. The molecule has 0 aliphatic heterocycles. The van der Waals surface area contributed by atoms with Gasteiger partial charge in [0.1, 0.15) is 11.6 Å². The average Bonchev–Trinajstić information content (AvgIpc) is 1.55.